The Morgan fingerprint density at radius 3 is 3.00 bits per heavy atom. The molecule has 1 aliphatic rings. The Labute approximate surface area is 110 Å². The number of aromatic nitrogens is 4. The fraction of sp³-hybridized carbons (Fsp3) is 0.417. The maximum atomic E-state index is 5.80. The molecule has 0 amide bonds. The summed E-state index contributed by atoms with van der Waals surface area (Å²) >= 11 is 1.68. The third kappa shape index (κ3) is 2.33. The average Bonchev–Trinajstić information content (AvgIpc) is 3.10. The first-order chi connectivity index (χ1) is 8.74. The van der Waals surface area contributed by atoms with Crippen molar-refractivity contribution < 1.29 is 0 Å². The molecule has 18 heavy (non-hydrogen) atoms. The van der Waals surface area contributed by atoms with Crippen LogP contribution in [0.4, 0.5) is 5.69 Å². The van der Waals surface area contributed by atoms with Gasteiger partial charge in [0.05, 0.1) is 6.04 Å². The molecule has 1 heterocycles. The third-order valence-corrected chi connectivity index (χ3v) is 4.12. The highest BCUT2D eigenvalue weighted by Crippen LogP contribution is 2.40. The summed E-state index contributed by atoms with van der Waals surface area (Å²) in [4.78, 5) is 0. The quantitative estimate of drug-likeness (QED) is 0.676. The van der Waals surface area contributed by atoms with E-state index in [1.807, 2.05) is 22.9 Å². The molecular formula is C12H15N5S. The van der Waals surface area contributed by atoms with Crippen LogP contribution in [0.1, 0.15) is 36.6 Å². The van der Waals surface area contributed by atoms with Crippen molar-refractivity contribution in [2.45, 2.75) is 36.2 Å². The Morgan fingerprint density at radius 1 is 1.44 bits per heavy atom. The summed E-state index contributed by atoms with van der Waals surface area (Å²) in [6.45, 7) is 2.14. The monoisotopic (exact) mass is 261 g/mol. The largest absolute Gasteiger partial charge is 0.399 e. The number of tetrazole rings is 1. The van der Waals surface area contributed by atoms with E-state index in [-0.39, 0.29) is 5.25 Å². The Morgan fingerprint density at radius 2 is 2.28 bits per heavy atom. The summed E-state index contributed by atoms with van der Waals surface area (Å²) in [7, 11) is 0. The molecule has 0 radical (unpaired) electrons. The van der Waals surface area contributed by atoms with E-state index < -0.39 is 0 Å². The van der Waals surface area contributed by atoms with Crippen LogP contribution in [0.3, 0.4) is 0 Å². The van der Waals surface area contributed by atoms with E-state index in [0.29, 0.717) is 6.04 Å². The van der Waals surface area contributed by atoms with Gasteiger partial charge in [0.2, 0.25) is 5.16 Å². The number of rotatable bonds is 4. The van der Waals surface area contributed by atoms with E-state index in [4.69, 9.17) is 5.73 Å². The lowest BCUT2D eigenvalue weighted by Gasteiger charge is -2.11. The van der Waals surface area contributed by atoms with Gasteiger partial charge < -0.3 is 5.73 Å². The second-order valence-electron chi connectivity index (χ2n) is 4.57. The molecule has 1 aliphatic carbocycles. The van der Waals surface area contributed by atoms with Gasteiger partial charge in [-0.1, -0.05) is 23.9 Å². The number of benzene rings is 1. The molecule has 2 N–H and O–H groups in total. The summed E-state index contributed by atoms with van der Waals surface area (Å²) in [5.41, 5.74) is 7.80. The lowest BCUT2D eigenvalue weighted by Crippen LogP contribution is -2.00. The van der Waals surface area contributed by atoms with Gasteiger partial charge in [-0.2, -0.15) is 0 Å². The summed E-state index contributed by atoms with van der Waals surface area (Å²) < 4.78 is 1.94. The summed E-state index contributed by atoms with van der Waals surface area (Å²) in [5.74, 6) is 0. The fourth-order valence-corrected chi connectivity index (χ4v) is 2.83. The first-order valence-corrected chi connectivity index (χ1v) is 6.92. The highest BCUT2D eigenvalue weighted by Gasteiger charge is 2.28. The van der Waals surface area contributed by atoms with Crippen LogP contribution < -0.4 is 5.73 Å². The normalized spacial score (nSPS) is 16.7. The van der Waals surface area contributed by atoms with Crippen LogP contribution in [-0.4, -0.2) is 20.2 Å². The summed E-state index contributed by atoms with van der Waals surface area (Å²) in [6, 6.07) is 8.47. The highest BCUT2D eigenvalue weighted by atomic mass is 32.2. The molecule has 1 fully saturated rings. The first-order valence-electron chi connectivity index (χ1n) is 6.04. The van der Waals surface area contributed by atoms with Crippen molar-refractivity contribution in [2.75, 3.05) is 5.73 Å². The number of hydrogen-bond donors (Lipinski definition) is 1. The molecule has 0 saturated heterocycles. The number of nitrogens with two attached hydrogens (primary N) is 1. The van der Waals surface area contributed by atoms with Crippen LogP contribution in [0.2, 0.25) is 0 Å². The summed E-state index contributed by atoms with van der Waals surface area (Å²) in [5, 5.41) is 13.1. The average molecular weight is 261 g/mol. The predicted molar refractivity (Wildman–Crippen MR) is 71.2 cm³/mol. The van der Waals surface area contributed by atoms with Crippen molar-refractivity contribution >= 4 is 17.4 Å². The van der Waals surface area contributed by atoms with E-state index in [2.05, 4.69) is 28.5 Å². The number of thioether (sulfide) groups is 1. The van der Waals surface area contributed by atoms with E-state index in [1.165, 1.54) is 18.4 Å². The zero-order valence-corrected chi connectivity index (χ0v) is 11.0. The maximum absolute atomic E-state index is 5.80. The molecule has 2 aromatic rings. The Balaban J connectivity index is 1.77. The lowest BCUT2D eigenvalue weighted by molar-refractivity contribution is 0.565. The number of anilines is 1. The summed E-state index contributed by atoms with van der Waals surface area (Å²) in [6.07, 6.45) is 2.37. The van der Waals surface area contributed by atoms with Gasteiger partial charge in [0, 0.05) is 10.9 Å². The van der Waals surface area contributed by atoms with Gasteiger partial charge in [-0.3, -0.25) is 0 Å². The highest BCUT2D eigenvalue weighted by molar-refractivity contribution is 7.99. The number of hydrogen-bond acceptors (Lipinski definition) is 5. The van der Waals surface area contributed by atoms with Crippen LogP contribution in [0, 0.1) is 0 Å². The van der Waals surface area contributed by atoms with Crippen LogP contribution in [0.25, 0.3) is 0 Å². The third-order valence-electron chi connectivity index (χ3n) is 3.02. The zero-order valence-electron chi connectivity index (χ0n) is 10.2. The van der Waals surface area contributed by atoms with Crippen molar-refractivity contribution in [1.82, 2.24) is 20.2 Å². The molecular weight excluding hydrogens is 246 g/mol. The Kier molecular flexibility index (Phi) is 2.95. The van der Waals surface area contributed by atoms with Crippen molar-refractivity contribution in [1.29, 1.82) is 0 Å². The van der Waals surface area contributed by atoms with E-state index in [9.17, 15) is 0 Å². The molecule has 1 aromatic heterocycles. The van der Waals surface area contributed by atoms with Gasteiger partial charge in [0.15, 0.2) is 0 Å². The molecule has 0 spiro atoms. The van der Waals surface area contributed by atoms with Crippen molar-refractivity contribution in [2.24, 2.45) is 0 Å². The van der Waals surface area contributed by atoms with Gasteiger partial charge in [-0.15, -0.1) is 5.10 Å². The van der Waals surface area contributed by atoms with Crippen molar-refractivity contribution in [3.05, 3.63) is 29.8 Å². The van der Waals surface area contributed by atoms with E-state index >= 15 is 0 Å². The minimum absolute atomic E-state index is 0.289. The number of nitrogen functional groups attached to an aromatic ring is 1. The second-order valence-corrected chi connectivity index (χ2v) is 5.88. The molecule has 0 aliphatic heterocycles. The molecule has 1 aromatic carbocycles. The maximum Gasteiger partial charge on any atom is 0.210 e. The van der Waals surface area contributed by atoms with Gasteiger partial charge in [-0.05, 0) is 47.9 Å². The van der Waals surface area contributed by atoms with E-state index in [1.54, 1.807) is 11.8 Å². The predicted octanol–water partition coefficient (Wildman–Crippen LogP) is 2.44. The van der Waals surface area contributed by atoms with Crippen LogP contribution in [-0.2, 0) is 0 Å². The molecule has 3 rings (SSSR count). The Bertz CT molecular complexity index is 549. The van der Waals surface area contributed by atoms with E-state index in [0.717, 1.165) is 10.8 Å². The zero-order chi connectivity index (χ0) is 12.5. The van der Waals surface area contributed by atoms with Crippen molar-refractivity contribution in [3.63, 3.8) is 0 Å². The topological polar surface area (TPSA) is 69.6 Å². The lowest BCUT2D eigenvalue weighted by atomic mass is 10.1. The smallest absolute Gasteiger partial charge is 0.210 e. The van der Waals surface area contributed by atoms with Crippen LogP contribution in [0.15, 0.2) is 29.4 Å². The van der Waals surface area contributed by atoms with Crippen molar-refractivity contribution in [3.8, 4) is 0 Å². The fourth-order valence-electron chi connectivity index (χ4n) is 1.85. The molecule has 5 nitrogen and oxygen atoms in total. The standard InChI is InChI=1S/C12H15N5S/c1-8(9-3-2-4-10(13)7-9)18-12-14-15-16-17(12)11-5-6-11/h2-4,7-8,11H,5-6,13H2,1H3. The SMILES string of the molecule is CC(Sc1nnnn1C1CC1)c1cccc(N)c1. The molecule has 1 unspecified atom stereocenters. The minimum Gasteiger partial charge on any atom is -0.399 e. The molecule has 1 atom stereocenters. The van der Waals surface area contributed by atoms with Gasteiger partial charge in [0.25, 0.3) is 0 Å². The molecule has 1 saturated carbocycles. The van der Waals surface area contributed by atoms with Gasteiger partial charge >= 0.3 is 0 Å². The Hall–Kier alpha value is -1.56. The van der Waals surface area contributed by atoms with Crippen LogP contribution >= 0.6 is 11.8 Å². The molecule has 0 bridgehead atoms. The van der Waals surface area contributed by atoms with Gasteiger partial charge in [-0.25, -0.2) is 4.68 Å². The molecule has 6 heteroatoms. The second kappa shape index (κ2) is 4.61. The van der Waals surface area contributed by atoms with Gasteiger partial charge in [0.1, 0.15) is 0 Å². The molecule has 94 valence electrons. The first kappa shape index (κ1) is 11.5. The minimum atomic E-state index is 0.289. The van der Waals surface area contributed by atoms with Crippen LogP contribution in [0.5, 0.6) is 0 Å². The number of nitrogens with zero attached hydrogens (tertiary/aromatic N) is 4.